The van der Waals surface area contributed by atoms with Crippen LogP contribution >= 0.6 is 0 Å². The molecule has 0 aliphatic carbocycles. The first-order valence-corrected chi connectivity index (χ1v) is 8.68. The summed E-state index contributed by atoms with van der Waals surface area (Å²) in [6.45, 7) is -0.102. The largest absolute Gasteiger partial charge is 0.497 e. The number of carbonyl (C=O) groups excluding carboxylic acids is 1. The lowest BCUT2D eigenvalue weighted by molar-refractivity contribution is -0.118. The molecule has 0 bridgehead atoms. The quantitative estimate of drug-likeness (QED) is 0.559. The van der Waals surface area contributed by atoms with Gasteiger partial charge in [0.25, 0.3) is 5.91 Å². The Balaban J connectivity index is 1.43. The zero-order valence-corrected chi connectivity index (χ0v) is 15.2. The van der Waals surface area contributed by atoms with Crippen LogP contribution in [0.2, 0.25) is 0 Å². The number of aromatic nitrogens is 3. The molecular formula is C21H18N4O3. The molecule has 0 atom stereocenters. The van der Waals surface area contributed by atoms with Crippen molar-refractivity contribution in [3.8, 4) is 22.8 Å². The summed E-state index contributed by atoms with van der Waals surface area (Å²) in [4.78, 5) is 21.0. The molecule has 0 unspecified atom stereocenters. The summed E-state index contributed by atoms with van der Waals surface area (Å²) in [5.41, 5.74) is 2.33. The van der Waals surface area contributed by atoms with Crippen molar-refractivity contribution in [1.82, 2.24) is 14.4 Å². The molecule has 2 heterocycles. The topological polar surface area (TPSA) is 77.8 Å². The minimum absolute atomic E-state index is 0.102. The second-order valence-corrected chi connectivity index (χ2v) is 6.05. The number of rotatable bonds is 6. The Morgan fingerprint density at radius 2 is 1.96 bits per heavy atom. The predicted molar refractivity (Wildman–Crippen MR) is 106 cm³/mol. The first kappa shape index (κ1) is 17.5. The molecule has 0 aliphatic rings. The highest BCUT2D eigenvalue weighted by Crippen LogP contribution is 2.22. The SMILES string of the molecule is COc1cccc(OCC(=O)Nc2cccc(-c3cn4cccnc4n3)c2)c1. The molecule has 0 radical (unpaired) electrons. The summed E-state index contributed by atoms with van der Waals surface area (Å²) in [6, 6.07) is 16.4. The average molecular weight is 374 g/mol. The van der Waals surface area contributed by atoms with Crippen LogP contribution in [0.5, 0.6) is 11.5 Å². The van der Waals surface area contributed by atoms with Gasteiger partial charge in [0, 0.05) is 35.9 Å². The van der Waals surface area contributed by atoms with Crippen LogP contribution in [0.3, 0.4) is 0 Å². The molecule has 4 rings (SSSR count). The fourth-order valence-corrected chi connectivity index (χ4v) is 2.76. The maximum Gasteiger partial charge on any atom is 0.262 e. The van der Waals surface area contributed by atoms with E-state index in [0.29, 0.717) is 23.0 Å². The molecule has 0 spiro atoms. The summed E-state index contributed by atoms with van der Waals surface area (Å²) in [6.07, 6.45) is 5.49. The van der Waals surface area contributed by atoms with E-state index in [0.717, 1.165) is 11.3 Å². The minimum atomic E-state index is -0.253. The molecule has 7 nitrogen and oxygen atoms in total. The maximum atomic E-state index is 12.2. The zero-order valence-electron chi connectivity index (χ0n) is 15.2. The molecule has 7 heteroatoms. The Labute approximate surface area is 161 Å². The summed E-state index contributed by atoms with van der Waals surface area (Å²) in [5, 5.41) is 2.84. The Morgan fingerprint density at radius 3 is 2.82 bits per heavy atom. The number of carbonyl (C=O) groups is 1. The molecule has 0 saturated carbocycles. The smallest absolute Gasteiger partial charge is 0.262 e. The molecule has 0 saturated heterocycles. The standard InChI is InChI=1S/C21H18N4O3/c1-27-17-7-3-8-18(12-17)28-14-20(26)23-16-6-2-5-15(11-16)19-13-25-10-4-9-22-21(25)24-19/h2-13H,14H2,1H3,(H,23,26). The lowest BCUT2D eigenvalue weighted by Crippen LogP contribution is -2.20. The highest BCUT2D eigenvalue weighted by molar-refractivity contribution is 5.92. The van der Waals surface area contributed by atoms with Crippen molar-refractivity contribution in [3.63, 3.8) is 0 Å². The lowest BCUT2D eigenvalue weighted by atomic mass is 10.1. The van der Waals surface area contributed by atoms with Gasteiger partial charge in [-0.1, -0.05) is 18.2 Å². The van der Waals surface area contributed by atoms with Gasteiger partial charge in [-0.25, -0.2) is 9.97 Å². The Morgan fingerprint density at radius 1 is 1.11 bits per heavy atom. The molecule has 2 aromatic heterocycles. The van der Waals surface area contributed by atoms with E-state index >= 15 is 0 Å². The van der Waals surface area contributed by atoms with Crippen molar-refractivity contribution in [3.05, 3.63) is 73.2 Å². The fourth-order valence-electron chi connectivity index (χ4n) is 2.76. The number of anilines is 1. The Kier molecular flexibility index (Phi) is 4.88. The van der Waals surface area contributed by atoms with E-state index in [1.807, 2.05) is 53.2 Å². The second-order valence-electron chi connectivity index (χ2n) is 6.05. The molecule has 4 aromatic rings. The summed E-state index contributed by atoms with van der Waals surface area (Å²) < 4.78 is 12.5. The number of imidazole rings is 1. The van der Waals surface area contributed by atoms with Gasteiger partial charge in [0.15, 0.2) is 6.61 Å². The van der Waals surface area contributed by atoms with Gasteiger partial charge in [0.2, 0.25) is 5.78 Å². The van der Waals surface area contributed by atoms with E-state index in [1.165, 1.54) is 0 Å². The van der Waals surface area contributed by atoms with Crippen molar-refractivity contribution in [2.75, 3.05) is 19.0 Å². The van der Waals surface area contributed by atoms with Crippen molar-refractivity contribution in [1.29, 1.82) is 0 Å². The highest BCUT2D eigenvalue weighted by Gasteiger charge is 2.08. The number of amides is 1. The number of hydrogen-bond donors (Lipinski definition) is 1. The van der Waals surface area contributed by atoms with E-state index in [9.17, 15) is 4.79 Å². The van der Waals surface area contributed by atoms with Gasteiger partial charge in [-0.05, 0) is 30.3 Å². The van der Waals surface area contributed by atoms with Gasteiger partial charge >= 0.3 is 0 Å². The number of methoxy groups -OCH3 is 1. The van der Waals surface area contributed by atoms with Gasteiger partial charge in [-0.15, -0.1) is 0 Å². The summed E-state index contributed by atoms with van der Waals surface area (Å²) in [7, 11) is 1.58. The number of nitrogens with zero attached hydrogens (tertiary/aromatic N) is 3. The molecule has 1 amide bonds. The van der Waals surface area contributed by atoms with Crippen molar-refractivity contribution < 1.29 is 14.3 Å². The highest BCUT2D eigenvalue weighted by atomic mass is 16.5. The number of benzene rings is 2. The van der Waals surface area contributed by atoms with Crippen LogP contribution in [-0.4, -0.2) is 34.0 Å². The van der Waals surface area contributed by atoms with Crippen LogP contribution < -0.4 is 14.8 Å². The molecule has 2 aromatic carbocycles. The van der Waals surface area contributed by atoms with Crippen LogP contribution in [0.4, 0.5) is 5.69 Å². The van der Waals surface area contributed by atoms with Crippen molar-refractivity contribution >= 4 is 17.4 Å². The van der Waals surface area contributed by atoms with Crippen LogP contribution in [0, 0.1) is 0 Å². The zero-order chi connectivity index (χ0) is 19.3. The molecule has 0 aliphatic heterocycles. The average Bonchev–Trinajstić information content (AvgIpc) is 3.17. The number of hydrogen-bond acceptors (Lipinski definition) is 5. The summed E-state index contributed by atoms with van der Waals surface area (Å²) in [5.74, 6) is 1.61. The van der Waals surface area contributed by atoms with Crippen molar-refractivity contribution in [2.45, 2.75) is 0 Å². The molecule has 140 valence electrons. The van der Waals surface area contributed by atoms with Crippen LogP contribution in [0.25, 0.3) is 17.0 Å². The maximum absolute atomic E-state index is 12.2. The first-order chi connectivity index (χ1) is 13.7. The molecule has 0 fully saturated rings. The van der Waals surface area contributed by atoms with Crippen LogP contribution in [0.1, 0.15) is 0 Å². The van der Waals surface area contributed by atoms with Crippen LogP contribution in [0.15, 0.2) is 73.2 Å². The Hall–Kier alpha value is -3.87. The summed E-state index contributed by atoms with van der Waals surface area (Å²) >= 11 is 0. The molecule has 1 N–H and O–H groups in total. The number of fused-ring (bicyclic) bond motifs is 1. The third kappa shape index (κ3) is 3.93. The van der Waals surface area contributed by atoms with E-state index in [1.54, 1.807) is 31.5 Å². The van der Waals surface area contributed by atoms with Gasteiger partial charge in [0.05, 0.1) is 12.8 Å². The predicted octanol–water partition coefficient (Wildman–Crippen LogP) is 3.42. The fraction of sp³-hybridized carbons (Fsp3) is 0.0952. The van der Waals surface area contributed by atoms with Gasteiger partial charge < -0.3 is 14.8 Å². The Bertz CT molecular complexity index is 1090. The third-order valence-corrected chi connectivity index (χ3v) is 4.09. The first-order valence-electron chi connectivity index (χ1n) is 8.68. The normalized spacial score (nSPS) is 10.6. The van der Waals surface area contributed by atoms with E-state index in [-0.39, 0.29) is 12.5 Å². The van der Waals surface area contributed by atoms with Gasteiger partial charge in [0.1, 0.15) is 11.5 Å². The van der Waals surface area contributed by atoms with Gasteiger partial charge in [-0.3, -0.25) is 9.20 Å². The monoisotopic (exact) mass is 374 g/mol. The number of nitrogens with one attached hydrogen (secondary N) is 1. The number of ether oxygens (including phenoxy) is 2. The molecular weight excluding hydrogens is 356 g/mol. The van der Waals surface area contributed by atoms with E-state index < -0.39 is 0 Å². The van der Waals surface area contributed by atoms with E-state index in [4.69, 9.17) is 9.47 Å². The second kappa shape index (κ2) is 7.79. The van der Waals surface area contributed by atoms with Gasteiger partial charge in [-0.2, -0.15) is 0 Å². The lowest BCUT2D eigenvalue weighted by Gasteiger charge is -2.09. The van der Waals surface area contributed by atoms with E-state index in [2.05, 4.69) is 15.3 Å². The third-order valence-electron chi connectivity index (χ3n) is 4.09. The van der Waals surface area contributed by atoms with Crippen molar-refractivity contribution in [2.24, 2.45) is 0 Å². The molecule has 28 heavy (non-hydrogen) atoms. The van der Waals surface area contributed by atoms with Crippen LogP contribution in [-0.2, 0) is 4.79 Å². The minimum Gasteiger partial charge on any atom is -0.497 e.